The first-order valence-corrected chi connectivity index (χ1v) is 12.5. The van der Waals surface area contributed by atoms with E-state index in [4.69, 9.17) is 0 Å². The summed E-state index contributed by atoms with van der Waals surface area (Å²) in [6, 6.07) is 23.3. The number of benzene rings is 3. The van der Waals surface area contributed by atoms with Crippen molar-refractivity contribution in [3.63, 3.8) is 0 Å². The van der Waals surface area contributed by atoms with Crippen LogP contribution in [0.2, 0.25) is 0 Å². The van der Waals surface area contributed by atoms with E-state index in [-0.39, 0.29) is 0 Å². The molecule has 1 fully saturated rings. The van der Waals surface area contributed by atoms with E-state index in [1.807, 2.05) is 42.5 Å². The van der Waals surface area contributed by atoms with Gasteiger partial charge in [0.25, 0.3) is 0 Å². The van der Waals surface area contributed by atoms with E-state index in [0.29, 0.717) is 31.1 Å². The van der Waals surface area contributed by atoms with Gasteiger partial charge in [-0.25, -0.2) is 8.42 Å². The summed E-state index contributed by atoms with van der Waals surface area (Å²) in [6.07, 6.45) is 0. The number of piperazine rings is 1. The van der Waals surface area contributed by atoms with E-state index in [2.05, 4.69) is 47.1 Å². The van der Waals surface area contributed by atoms with Crippen LogP contribution in [0.3, 0.4) is 0 Å². The van der Waals surface area contributed by atoms with Crippen LogP contribution in [0, 0.1) is 13.8 Å². The van der Waals surface area contributed by atoms with Gasteiger partial charge < -0.3 is 4.90 Å². The van der Waals surface area contributed by atoms with Gasteiger partial charge in [-0.2, -0.15) is 4.31 Å². The highest BCUT2D eigenvalue weighted by molar-refractivity contribution is 7.89. The topological polar surface area (TPSA) is 66.4 Å². The minimum absolute atomic E-state index is 0.340. The van der Waals surface area contributed by atoms with Crippen molar-refractivity contribution in [2.45, 2.75) is 18.7 Å². The summed E-state index contributed by atoms with van der Waals surface area (Å²) in [6.45, 7) is 6.15. The Morgan fingerprint density at radius 3 is 2.18 bits per heavy atom. The molecule has 4 aromatic rings. The molecule has 2 heterocycles. The molecule has 0 aliphatic carbocycles. The Balaban J connectivity index is 1.28. The van der Waals surface area contributed by atoms with Crippen molar-refractivity contribution in [1.82, 2.24) is 14.5 Å². The Bertz CT molecular complexity index is 1410. The van der Waals surface area contributed by atoms with Crippen LogP contribution in [-0.2, 0) is 10.0 Å². The number of sulfonamides is 1. The summed E-state index contributed by atoms with van der Waals surface area (Å²) in [5, 5.41) is 10.8. The Morgan fingerprint density at radius 2 is 1.48 bits per heavy atom. The lowest BCUT2D eigenvalue weighted by molar-refractivity contribution is 0.383. The molecule has 7 heteroatoms. The van der Waals surface area contributed by atoms with Gasteiger partial charge in [0.1, 0.15) is 0 Å². The Hall–Kier alpha value is -3.29. The quantitative estimate of drug-likeness (QED) is 0.453. The van der Waals surface area contributed by atoms with Gasteiger partial charge in [0.05, 0.1) is 10.6 Å². The Kier molecular flexibility index (Phi) is 5.60. The molecule has 0 saturated carbocycles. The molecule has 3 aromatic carbocycles. The van der Waals surface area contributed by atoms with Crippen LogP contribution in [0.25, 0.3) is 22.0 Å². The molecule has 0 radical (unpaired) electrons. The average Bonchev–Trinajstić information content (AvgIpc) is 2.85. The number of rotatable bonds is 4. The number of fused-ring (bicyclic) bond motifs is 1. The predicted octanol–water partition coefficient (Wildman–Crippen LogP) is 4.42. The van der Waals surface area contributed by atoms with Crippen molar-refractivity contribution < 1.29 is 8.42 Å². The van der Waals surface area contributed by atoms with Crippen LogP contribution >= 0.6 is 0 Å². The number of nitrogens with zero attached hydrogens (tertiary/aromatic N) is 4. The van der Waals surface area contributed by atoms with Crippen LogP contribution in [-0.4, -0.2) is 49.1 Å². The summed E-state index contributed by atoms with van der Waals surface area (Å²) < 4.78 is 28.0. The molecular formula is C26H26N4O2S. The van der Waals surface area contributed by atoms with E-state index in [0.717, 1.165) is 27.8 Å². The van der Waals surface area contributed by atoms with Crippen LogP contribution < -0.4 is 4.90 Å². The average molecular weight is 459 g/mol. The third-order valence-corrected chi connectivity index (χ3v) is 8.27. The second-order valence-corrected chi connectivity index (χ2v) is 10.4. The second-order valence-electron chi connectivity index (χ2n) is 8.48. The fourth-order valence-electron chi connectivity index (χ4n) is 4.18. The van der Waals surface area contributed by atoms with Crippen molar-refractivity contribution in [3.8, 4) is 11.3 Å². The lowest BCUT2D eigenvalue weighted by Crippen LogP contribution is -2.49. The summed E-state index contributed by atoms with van der Waals surface area (Å²) in [7, 11) is -3.54. The van der Waals surface area contributed by atoms with E-state index in [1.165, 1.54) is 11.1 Å². The molecule has 1 aromatic heterocycles. The van der Waals surface area contributed by atoms with Crippen molar-refractivity contribution in [2.75, 3.05) is 31.1 Å². The van der Waals surface area contributed by atoms with Gasteiger partial charge in [0, 0.05) is 31.7 Å². The molecule has 0 amide bonds. The molecule has 0 N–H and O–H groups in total. The zero-order chi connectivity index (χ0) is 23.0. The zero-order valence-corrected chi connectivity index (χ0v) is 19.6. The lowest BCUT2D eigenvalue weighted by Gasteiger charge is -2.34. The molecule has 0 unspecified atom stereocenters. The van der Waals surface area contributed by atoms with Crippen molar-refractivity contribution >= 4 is 26.6 Å². The van der Waals surface area contributed by atoms with Gasteiger partial charge in [0.2, 0.25) is 10.0 Å². The minimum Gasteiger partial charge on any atom is -0.352 e. The van der Waals surface area contributed by atoms with E-state index < -0.39 is 10.0 Å². The smallest absolute Gasteiger partial charge is 0.243 e. The molecule has 0 atom stereocenters. The molecule has 1 saturated heterocycles. The maximum absolute atomic E-state index is 13.2. The molecule has 5 rings (SSSR count). The summed E-state index contributed by atoms with van der Waals surface area (Å²) >= 11 is 0. The number of aryl methyl sites for hydroxylation is 2. The second kappa shape index (κ2) is 8.57. The standard InChI is InChI=1S/C26H26N4O2S/c1-19-7-8-23(17-20(19)2)25-11-12-26(28-27-25)29-13-15-30(16-14-29)33(31,32)24-10-9-21-5-3-4-6-22(21)18-24/h3-12,17-18H,13-16H2,1-2H3. The third-order valence-electron chi connectivity index (χ3n) is 6.37. The summed E-state index contributed by atoms with van der Waals surface area (Å²) in [5.41, 5.74) is 4.35. The van der Waals surface area contributed by atoms with Crippen molar-refractivity contribution in [3.05, 3.63) is 83.9 Å². The van der Waals surface area contributed by atoms with Gasteiger partial charge in [-0.1, -0.05) is 42.5 Å². The maximum atomic E-state index is 13.2. The first kappa shape index (κ1) is 21.6. The van der Waals surface area contributed by atoms with Crippen LogP contribution in [0.15, 0.2) is 77.7 Å². The highest BCUT2D eigenvalue weighted by Crippen LogP contribution is 2.25. The van der Waals surface area contributed by atoms with Crippen LogP contribution in [0.1, 0.15) is 11.1 Å². The van der Waals surface area contributed by atoms with Crippen molar-refractivity contribution in [1.29, 1.82) is 0 Å². The summed E-state index contributed by atoms with van der Waals surface area (Å²) in [4.78, 5) is 2.43. The fourth-order valence-corrected chi connectivity index (χ4v) is 5.64. The molecule has 0 bridgehead atoms. The first-order valence-electron chi connectivity index (χ1n) is 11.1. The largest absolute Gasteiger partial charge is 0.352 e. The molecule has 0 spiro atoms. The lowest BCUT2D eigenvalue weighted by atomic mass is 10.0. The van der Waals surface area contributed by atoms with Gasteiger partial charge >= 0.3 is 0 Å². The summed E-state index contributed by atoms with van der Waals surface area (Å²) in [5.74, 6) is 0.769. The first-order chi connectivity index (χ1) is 15.9. The van der Waals surface area contributed by atoms with Gasteiger partial charge in [-0.3, -0.25) is 0 Å². The van der Waals surface area contributed by atoms with E-state index >= 15 is 0 Å². The third kappa shape index (κ3) is 4.21. The van der Waals surface area contributed by atoms with Gasteiger partial charge in [-0.05, 0) is 66.1 Å². The van der Waals surface area contributed by atoms with E-state index in [9.17, 15) is 8.42 Å². The fraction of sp³-hybridized carbons (Fsp3) is 0.231. The van der Waals surface area contributed by atoms with E-state index in [1.54, 1.807) is 16.4 Å². The Morgan fingerprint density at radius 1 is 0.727 bits per heavy atom. The number of hydrogen-bond donors (Lipinski definition) is 0. The van der Waals surface area contributed by atoms with Gasteiger partial charge in [-0.15, -0.1) is 10.2 Å². The predicted molar refractivity (Wildman–Crippen MR) is 132 cm³/mol. The number of aromatic nitrogens is 2. The van der Waals surface area contributed by atoms with Crippen molar-refractivity contribution in [2.24, 2.45) is 0 Å². The Labute approximate surface area is 194 Å². The highest BCUT2D eigenvalue weighted by Gasteiger charge is 2.29. The molecule has 1 aliphatic rings. The molecule has 6 nitrogen and oxygen atoms in total. The SMILES string of the molecule is Cc1ccc(-c2ccc(N3CCN(S(=O)(=O)c4ccc5ccccc5c4)CC3)nn2)cc1C. The number of anilines is 1. The molecule has 33 heavy (non-hydrogen) atoms. The molecule has 168 valence electrons. The molecule has 1 aliphatic heterocycles. The highest BCUT2D eigenvalue weighted by atomic mass is 32.2. The maximum Gasteiger partial charge on any atom is 0.243 e. The normalized spacial score (nSPS) is 15.2. The van der Waals surface area contributed by atoms with Crippen LogP contribution in [0.4, 0.5) is 5.82 Å². The van der Waals surface area contributed by atoms with Crippen LogP contribution in [0.5, 0.6) is 0 Å². The number of hydrogen-bond acceptors (Lipinski definition) is 5. The monoisotopic (exact) mass is 458 g/mol. The van der Waals surface area contributed by atoms with Gasteiger partial charge in [0.15, 0.2) is 5.82 Å². The zero-order valence-electron chi connectivity index (χ0n) is 18.8. The minimum atomic E-state index is -3.54. The molecular weight excluding hydrogens is 432 g/mol.